The number of benzene rings is 1. The van der Waals surface area contributed by atoms with Crippen LogP contribution in [0.15, 0.2) is 34.5 Å². The van der Waals surface area contributed by atoms with Gasteiger partial charge in [-0.2, -0.15) is 4.31 Å². The number of amides is 1. The van der Waals surface area contributed by atoms with Gasteiger partial charge >= 0.3 is 0 Å². The first-order chi connectivity index (χ1) is 14.5. The first-order valence-electron chi connectivity index (χ1n) is 9.98. The van der Waals surface area contributed by atoms with Crippen molar-refractivity contribution < 1.29 is 22.3 Å². The zero-order chi connectivity index (χ0) is 21.1. The molecule has 1 amide bonds. The minimum atomic E-state index is -3.73. The minimum Gasteiger partial charge on any atom is -0.378 e. The number of hydrogen-bond donors (Lipinski definition) is 1. The molecule has 0 saturated carbocycles. The first kappa shape index (κ1) is 21.2. The molecule has 1 aromatic heterocycles. The Labute approximate surface area is 179 Å². The molecule has 4 rings (SSSR count). The molecule has 0 aliphatic carbocycles. The summed E-state index contributed by atoms with van der Waals surface area (Å²) in [4.78, 5) is 14.8. The summed E-state index contributed by atoms with van der Waals surface area (Å²) in [5.41, 5.74) is 0.741. The van der Waals surface area contributed by atoms with Crippen LogP contribution in [-0.4, -0.2) is 58.0 Å². The molecule has 1 aromatic carbocycles. The Bertz CT molecular complexity index is 1010. The van der Waals surface area contributed by atoms with Crippen molar-refractivity contribution in [1.82, 2.24) is 4.31 Å². The number of hydrogen-bond acceptors (Lipinski definition) is 6. The average molecular weight is 454 g/mol. The van der Waals surface area contributed by atoms with Gasteiger partial charge in [-0.15, -0.1) is 11.3 Å². The van der Waals surface area contributed by atoms with Crippen LogP contribution < -0.4 is 10.2 Å². The fourth-order valence-electron chi connectivity index (χ4n) is 3.74. The van der Waals surface area contributed by atoms with Gasteiger partial charge in [0, 0.05) is 31.9 Å². The van der Waals surface area contributed by atoms with E-state index in [0.29, 0.717) is 45.1 Å². The van der Waals surface area contributed by atoms with Crippen molar-refractivity contribution in [3.8, 4) is 0 Å². The van der Waals surface area contributed by atoms with E-state index in [0.717, 1.165) is 30.6 Å². The Morgan fingerprint density at radius 3 is 2.50 bits per heavy atom. The van der Waals surface area contributed by atoms with E-state index in [4.69, 9.17) is 4.74 Å². The third-order valence-electron chi connectivity index (χ3n) is 5.33. The number of rotatable bonds is 5. The fourth-order valence-corrected chi connectivity index (χ4v) is 6.56. The van der Waals surface area contributed by atoms with Crippen molar-refractivity contribution in [2.75, 3.05) is 49.6 Å². The van der Waals surface area contributed by atoms with Crippen LogP contribution >= 0.6 is 11.3 Å². The molecule has 1 N–H and O–H groups in total. The molecule has 0 bridgehead atoms. The number of morpholine rings is 1. The molecule has 162 valence electrons. The van der Waals surface area contributed by atoms with Crippen LogP contribution in [0.5, 0.6) is 0 Å². The molecule has 2 saturated heterocycles. The molecule has 7 nitrogen and oxygen atoms in total. The van der Waals surface area contributed by atoms with Gasteiger partial charge in [0.25, 0.3) is 5.91 Å². The van der Waals surface area contributed by atoms with E-state index >= 15 is 0 Å². The third kappa shape index (κ3) is 4.36. The normalized spacial score (nSPS) is 18.4. The second-order valence-electron chi connectivity index (χ2n) is 7.30. The Morgan fingerprint density at radius 2 is 1.80 bits per heavy atom. The molecule has 2 aromatic rings. The van der Waals surface area contributed by atoms with Crippen LogP contribution in [0.25, 0.3) is 0 Å². The maximum absolute atomic E-state index is 14.6. The summed E-state index contributed by atoms with van der Waals surface area (Å²) in [6.45, 7) is 3.24. The highest BCUT2D eigenvalue weighted by Gasteiger charge is 2.31. The lowest BCUT2D eigenvalue weighted by atomic mass is 10.2. The monoisotopic (exact) mass is 453 g/mol. The lowest BCUT2D eigenvalue weighted by Gasteiger charge is -2.29. The summed E-state index contributed by atoms with van der Waals surface area (Å²) < 4.78 is 47.3. The molecular formula is C20H24FN3O4S2. The predicted octanol–water partition coefficient (Wildman–Crippen LogP) is 3.15. The number of nitrogens with one attached hydrogen (secondary N) is 1. The SMILES string of the molecule is O=C(Nc1ccc(N2CCOCC2)c(F)c1)c1sccc1S(=O)(=O)N1CCCCC1. The summed E-state index contributed by atoms with van der Waals surface area (Å²) in [5.74, 6) is -0.999. The van der Waals surface area contributed by atoms with E-state index in [1.165, 1.54) is 16.4 Å². The largest absolute Gasteiger partial charge is 0.378 e. The van der Waals surface area contributed by atoms with Crippen LogP contribution in [0.2, 0.25) is 0 Å². The molecule has 30 heavy (non-hydrogen) atoms. The van der Waals surface area contributed by atoms with Crippen LogP contribution in [0, 0.1) is 5.82 Å². The number of thiophene rings is 1. The van der Waals surface area contributed by atoms with Gasteiger partial charge in [0.15, 0.2) is 0 Å². The van der Waals surface area contributed by atoms with E-state index in [1.807, 2.05) is 4.90 Å². The topological polar surface area (TPSA) is 79.0 Å². The summed E-state index contributed by atoms with van der Waals surface area (Å²) in [6, 6.07) is 5.97. The number of carbonyl (C=O) groups excluding carboxylic acids is 1. The van der Waals surface area contributed by atoms with Crippen molar-refractivity contribution in [1.29, 1.82) is 0 Å². The van der Waals surface area contributed by atoms with Gasteiger partial charge in [-0.05, 0) is 42.5 Å². The van der Waals surface area contributed by atoms with E-state index in [9.17, 15) is 17.6 Å². The third-order valence-corrected chi connectivity index (χ3v) is 8.31. The van der Waals surface area contributed by atoms with Crippen LogP contribution in [0.4, 0.5) is 15.8 Å². The molecule has 2 aliphatic heterocycles. The van der Waals surface area contributed by atoms with Crippen LogP contribution in [0.1, 0.15) is 28.9 Å². The predicted molar refractivity (Wildman–Crippen MR) is 114 cm³/mol. The van der Waals surface area contributed by atoms with Crippen LogP contribution in [0.3, 0.4) is 0 Å². The van der Waals surface area contributed by atoms with E-state index in [2.05, 4.69) is 5.32 Å². The number of halogens is 1. The van der Waals surface area contributed by atoms with Gasteiger partial charge in [-0.25, -0.2) is 12.8 Å². The molecule has 10 heteroatoms. The lowest BCUT2D eigenvalue weighted by molar-refractivity contribution is 0.102. The minimum absolute atomic E-state index is 0.0114. The van der Waals surface area contributed by atoms with Crippen molar-refractivity contribution in [3.05, 3.63) is 40.3 Å². The Kier molecular flexibility index (Phi) is 6.37. The summed E-state index contributed by atoms with van der Waals surface area (Å²) in [5, 5.41) is 4.23. The van der Waals surface area contributed by atoms with Crippen LogP contribution in [-0.2, 0) is 14.8 Å². The van der Waals surface area contributed by atoms with Gasteiger partial charge in [0.1, 0.15) is 15.6 Å². The summed E-state index contributed by atoms with van der Waals surface area (Å²) >= 11 is 1.06. The first-order valence-corrected chi connectivity index (χ1v) is 12.3. The van der Waals surface area contributed by atoms with Crippen molar-refractivity contribution in [2.24, 2.45) is 0 Å². The highest BCUT2D eigenvalue weighted by Crippen LogP contribution is 2.29. The molecule has 0 unspecified atom stereocenters. The quantitative estimate of drug-likeness (QED) is 0.753. The van der Waals surface area contributed by atoms with Crippen molar-refractivity contribution >= 4 is 38.6 Å². The summed E-state index contributed by atoms with van der Waals surface area (Å²) in [7, 11) is -3.73. The summed E-state index contributed by atoms with van der Waals surface area (Å²) in [6.07, 6.45) is 2.65. The highest BCUT2D eigenvalue weighted by atomic mass is 32.2. The maximum atomic E-state index is 14.6. The second kappa shape index (κ2) is 9.01. The number of carbonyl (C=O) groups is 1. The number of piperidine rings is 1. The second-order valence-corrected chi connectivity index (χ2v) is 10.1. The Morgan fingerprint density at radius 1 is 1.07 bits per heavy atom. The number of sulfonamides is 1. The highest BCUT2D eigenvalue weighted by molar-refractivity contribution is 7.89. The molecule has 0 radical (unpaired) electrons. The van der Waals surface area contributed by atoms with E-state index < -0.39 is 21.7 Å². The zero-order valence-corrected chi connectivity index (χ0v) is 18.1. The molecular weight excluding hydrogens is 429 g/mol. The molecule has 0 atom stereocenters. The Hall–Kier alpha value is -2.01. The van der Waals surface area contributed by atoms with Gasteiger partial charge < -0.3 is 15.0 Å². The van der Waals surface area contributed by atoms with Crippen molar-refractivity contribution in [3.63, 3.8) is 0 Å². The molecule has 2 fully saturated rings. The van der Waals surface area contributed by atoms with Crippen molar-refractivity contribution in [2.45, 2.75) is 24.2 Å². The lowest BCUT2D eigenvalue weighted by Crippen LogP contribution is -2.36. The standard InChI is InChI=1S/C20H24FN3O4S2/c21-16-14-15(4-5-17(16)23-9-11-28-12-10-23)22-20(25)19-18(6-13-29-19)30(26,27)24-7-2-1-3-8-24/h4-6,13-14H,1-3,7-12H2,(H,22,25). The fraction of sp³-hybridized carbons (Fsp3) is 0.450. The average Bonchev–Trinajstić information content (AvgIpc) is 3.26. The van der Waals surface area contributed by atoms with Gasteiger partial charge in [-0.3, -0.25) is 4.79 Å². The Balaban J connectivity index is 1.51. The smallest absolute Gasteiger partial charge is 0.267 e. The maximum Gasteiger partial charge on any atom is 0.267 e. The van der Waals surface area contributed by atoms with E-state index in [-0.39, 0.29) is 15.5 Å². The zero-order valence-electron chi connectivity index (χ0n) is 16.5. The van der Waals surface area contributed by atoms with Gasteiger partial charge in [0.2, 0.25) is 10.0 Å². The molecule has 3 heterocycles. The molecule has 0 spiro atoms. The van der Waals surface area contributed by atoms with Gasteiger partial charge in [-0.1, -0.05) is 6.42 Å². The molecule has 2 aliphatic rings. The number of ether oxygens (including phenoxy) is 1. The number of anilines is 2. The van der Waals surface area contributed by atoms with E-state index in [1.54, 1.807) is 17.5 Å². The number of nitrogens with zero attached hydrogens (tertiary/aromatic N) is 2. The van der Waals surface area contributed by atoms with Gasteiger partial charge in [0.05, 0.1) is 18.9 Å².